The van der Waals surface area contributed by atoms with Crippen LogP contribution in [0.4, 0.5) is 5.82 Å². The molecular weight excluding hydrogens is 406 g/mol. The number of carboxylic acids is 1. The largest absolute Gasteiger partial charge is 0.481 e. The molecular formula is C24H25N5O3. The fraction of sp³-hybridized carbons (Fsp3) is 0.375. The lowest BCUT2D eigenvalue weighted by molar-refractivity contribution is -0.141. The number of carbonyl (C=O) groups excluding carboxylic acids is 1. The molecule has 1 saturated carbocycles. The Kier molecular flexibility index (Phi) is 5.00. The lowest BCUT2D eigenvalue weighted by Gasteiger charge is -2.16. The quantitative estimate of drug-likeness (QED) is 0.654. The van der Waals surface area contributed by atoms with E-state index in [0.717, 1.165) is 17.5 Å². The van der Waals surface area contributed by atoms with Crippen molar-refractivity contribution < 1.29 is 14.7 Å². The maximum atomic E-state index is 13.3. The van der Waals surface area contributed by atoms with Crippen LogP contribution in [0.15, 0.2) is 42.7 Å². The number of carbonyl (C=O) groups is 2. The molecule has 1 aliphatic heterocycles. The average molecular weight is 431 g/mol. The number of hydrogen-bond acceptors (Lipinski definition) is 5. The van der Waals surface area contributed by atoms with Gasteiger partial charge in [-0.3, -0.25) is 14.5 Å². The Labute approximate surface area is 185 Å². The van der Waals surface area contributed by atoms with E-state index in [1.165, 1.54) is 0 Å². The van der Waals surface area contributed by atoms with E-state index in [0.29, 0.717) is 42.3 Å². The Hall–Kier alpha value is -3.55. The van der Waals surface area contributed by atoms with E-state index in [1.807, 2.05) is 41.0 Å². The normalized spacial score (nSPS) is 20.2. The van der Waals surface area contributed by atoms with Gasteiger partial charge in [-0.05, 0) is 68.4 Å². The van der Waals surface area contributed by atoms with E-state index in [4.69, 9.17) is 4.98 Å². The van der Waals surface area contributed by atoms with E-state index in [9.17, 15) is 14.7 Å². The minimum absolute atomic E-state index is 0.0791. The highest BCUT2D eigenvalue weighted by Gasteiger charge is 2.34. The van der Waals surface area contributed by atoms with Gasteiger partial charge in [-0.1, -0.05) is 18.2 Å². The number of pyridine rings is 1. The van der Waals surface area contributed by atoms with Gasteiger partial charge in [0.25, 0.3) is 5.91 Å². The Bertz CT molecular complexity index is 1200. The molecule has 2 aliphatic rings. The summed E-state index contributed by atoms with van der Waals surface area (Å²) in [6, 6.07) is 11.8. The highest BCUT2D eigenvalue weighted by molar-refractivity contribution is 6.09. The molecule has 5 rings (SSSR count). The van der Waals surface area contributed by atoms with Gasteiger partial charge < -0.3 is 9.67 Å². The summed E-state index contributed by atoms with van der Waals surface area (Å²) in [5, 5.41) is 17.5. The number of aliphatic carboxylic acids is 1. The van der Waals surface area contributed by atoms with Gasteiger partial charge in [-0.15, -0.1) is 10.2 Å². The van der Waals surface area contributed by atoms with Gasteiger partial charge >= 0.3 is 5.97 Å². The molecule has 2 aromatic heterocycles. The summed E-state index contributed by atoms with van der Waals surface area (Å²) in [6.07, 6.45) is 3.85. The molecule has 0 spiro atoms. The Morgan fingerprint density at radius 1 is 1.19 bits per heavy atom. The van der Waals surface area contributed by atoms with E-state index < -0.39 is 5.97 Å². The first-order chi connectivity index (χ1) is 15.4. The minimum Gasteiger partial charge on any atom is -0.481 e. The minimum atomic E-state index is -0.727. The maximum Gasteiger partial charge on any atom is 0.306 e. The van der Waals surface area contributed by atoms with Gasteiger partial charge in [0.2, 0.25) is 0 Å². The SMILES string of the molecule is CC(C)n1cnnc1-c1cccc(N2Cc3ccc([C@H]4CC[C@@H](C(=O)O)C4)cc3C2=O)n1. The topological polar surface area (TPSA) is 101 Å². The van der Waals surface area contributed by atoms with Gasteiger partial charge in [-0.25, -0.2) is 4.98 Å². The molecule has 0 unspecified atom stereocenters. The Morgan fingerprint density at radius 3 is 2.78 bits per heavy atom. The van der Waals surface area contributed by atoms with Crippen LogP contribution in [-0.2, 0) is 11.3 Å². The van der Waals surface area contributed by atoms with E-state index >= 15 is 0 Å². The van der Waals surface area contributed by atoms with Crippen LogP contribution in [-0.4, -0.2) is 36.7 Å². The third-order valence-electron chi connectivity index (χ3n) is 6.56. The Balaban J connectivity index is 1.41. The number of fused-ring (bicyclic) bond motifs is 1. The van der Waals surface area contributed by atoms with Crippen molar-refractivity contribution in [2.75, 3.05) is 4.90 Å². The number of rotatable bonds is 5. The monoisotopic (exact) mass is 431 g/mol. The number of amides is 1. The van der Waals surface area contributed by atoms with Crippen LogP contribution in [0.1, 0.15) is 66.6 Å². The highest BCUT2D eigenvalue weighted by Crippen LogP contribution is 2.40. The van der Waals surface area contributed by atoms with Crippen molar-refractivity contribution in [2.45, 2.75) is 51.6 Å². The van der Waals surface area contributed by atoms with Crippen molar-refractivity contribution in [3.8, 4) is 11.5 Å². The van der Waals surface area contributed by atoms with Gasteiger partial charge in [0, 0.05) is 11.6 Å². The predicted octanol–water partition coefficient (Wildman–Crippen LogP) is 4.05. The van der Waals surface area contributed by atoms with Crippen molar-refractivity contribution in [3.63, 3.8) is 0 Å². The van der Waals surface area contributed by atoms with Crippen LogP contribution in [0.5, 0.6) is 0 Å². The first-order valence-electron chi connectivity index (χ1n) is 11.0. The average Bonchev–Trinajstić information content (AvgIpc) is 3.52. The maximum absolute atomic E-state index is 13.3. The van der Waals surface area contributed by atoms with Crippen LogP contribution < -0.4 is 4.90 Å². The van der Waals surface area contributed by atoms with E-state index in [2.05, 4.69) is 24.0 Å². The third-order valence-corrected chi connectivity index (χ3v) is 6.56. The van der Waals surface area contributed by atoms with E-state index in [1.54, 1.807) is 11.2 Å². The second-order valence-corrected chi connectivity index (χ2v) is 8.89. The zero-order valence-corrected chi connectivity index (χ0v) is 18.1. The molecule has 2 atom stereocenters. The Morgan fingerprint density at radius 2 is 2.03 bits per heavy atom. The molecule has 164 valence electrons. The molecule has 32 heavy (non-hydrogen) atoms. The second-order valence-electron chi connectivity index (χ2n) is 8.89. The number of aromatic nitrogens is 4. The zero-order chi connectivity index (χ0) is 22.4. The predicted molar refractivity (Wildman–Crippen MR) is 118 cm³/mol. The zero-order valence-electron chi connectivity index (χ0n) is 18.1. The fourth-order valence-corrected chi connectivity index (χ4v) is 4.77. The third kappa shape index (κ3) is 3.45. The molecule has 1 aliphatic carbocycles. The van der Waals surface area contributed by atoms with Crippen molar-refractivity contribution in [1.29, 1.82) is 0 Å². The summed E-state index contributed by atoms with van der Waals surface area (Å²) in [5.74, 6) is 0.338. The van der Waals surface area contributed by atoms with Gasteiger partial charge in [0.1, 0.15) is 17.8 Å². The van der Waals surface area contributed by atoms with Gasteiger partial charge in [0.15, 0.2) is 5.82 Å². The standard InChI is InChI=1S/C24H25N5O3/c1-14(2)29-13-25-27-22(29)20-4-3-5-21(26-20)28-12-18-9-7-16(11-19(18)23(28)30)15-6-8-17(10-15)24(31)32/h3-5,7,9,11,13-15,17H,6,8,10,12H2,1-2H3,(H,31,32)/t15-,17+/m0/s1. The molecule has 8 heteroatoms. The first kappa shape index (κ1) is 20.4. The molecule has 0 bridgehead atoms. The number of hydrogen-bond donors (Lipinski definition) is 1. The number of anilines is 1. The van der Waals surface area contributed by atoms with Gasteiger partial charge in [0.05, 0.1) is 12.5 Å². The molecule has 8 nitrogen and oxygen atoms in total. The number of benzene rings is 1. The molecule has 0 saturated heterocycles. The summed E-state index contributed by atoms with van der Waals surface area (Å²) >= 11 is 0. The number of nitrogens with zero attached hydrogens (tertiary/aromatic N) is 5. The van der Waals surface area contributed by atoms with Crippen LogP contribution in [0.25, 0.3) is 11.5 Å². The lowest BCUT2D eigenvalue weighted by atomic mass is 9.93. The van der Waals surface area contributed by atoms with Crippen LogP contribution in [0.2, 0.25) is 0 Å². The molecule has 1 N–H and O–H groups in total. The number of carboxylic acid groups (broad SMARTS) is 1. The van der Waals surface area contributed by atoms with Crippen LogP contribution in [0.3, 0.4) is 0 Å². The lowest BCUT2D eigenvalue weighted by Crippen LogP contribution is -2.24. The highest BCUT2D eigenvalue weighted by atomic mass is 16.4. The van der Waals surface area contributed by atoms with Crippen molar-refractivity contribution in [2.24, 2.45) is 5.92 Å². The van der Waals surface area contributed by atoms with Crippen molar-refractivity contribution >= 4 is 17.7 Å². The van der Waals surface area contributed by atoms with Gasteiger partial charge in [-0.2, -0.15) is 0 Å². The molecule has 1 fully saturated rings. The molecule has 1 aromatic carbocycles. The fourth-order valence-electron chi connectivity index (χ4n) is 4.77. The summed E-state index contributed by atoms with van der Waals surface area (Å²) in [4.78, 5) is 31.0. The summed E-state index contributed by atoms with van der Waals surface area (Å²) < 4.78 is 1.95. The van der Waals surface area contributed by atoms with Crippen molar-refractivity contribution in [1.82, 2.24) is 19.7 Å². The van der Waals surface area contributed by atoms with Crippen molar-refractivity contribution in [3.05, 3.63) is 59.4 Å². The summed E-state index contributed by atoms with van der Waals surface area (Å²) in [5.41, 5.74) is 3.36. The first-order valence-corrected chi connectivity index (χ1v) is 11.0. The molecule has 1 amide bonds. The molecule has 3 aromatic rings. The molecule has 0 radical (unpaired) electrons. The summed E-state index contributed by atoms with van der Waals surface area (Å²) in [7, 11) is 0. The van der Waals surface area contributed by atoms with E-state index in [-0.39, 0.29) is 23.8 Å². The smallest absolute Gasteiger partial charge is 0.306 e. The van der Waals surface area contributed by atoms with Crippen LogP contribution >= 0.6 is 0 Å². The van der Waals surface area contributed by atoms with Crippen LogP contribution in [0, 0.1) is 5.92 Å². The summed E-state index contributed by atoms with van der Waals surface area (Å²) in [6.45, 7) is 4.57. The molecule has 3 heterocycles. The second kappa shape index (κ2) is 7.85.